The molecular formula is C34H63N5O7. The van der Waals surface area contributed by atoms with Gasteiger partial charge in [-0.05, 0) is 62.7 Å². The standard InChI is InChI=1S/C34H63N5O7/c1-13-27(35-31(44)29(15-14-25(8)16-17-40)38(11)30(43)18-22(2)3)33(46)37(10)26(9)32(45)39(12)34(21-42,19-23(4)5)36-28(20-41)24(6)7/h20-29,36,40H,13-19H2,1-12H3,(H,35,44). The highest BCUT2D eigenvalue weighted by atomic mass is 16.3. The highest BCUT2D eigenvalue weighted by Gasteiger charge is 2.43. The van der Waals surface area contributed by atoms with Crippen molar-refractivity contribution in [3.8, 4) is 0 Å². The SMILES string of the molecule is CCC(NC(=O)C(CCC(C)CCO)N(C)C(=O)CC(C)C)C(=O)N(C)C(C)C(=O)N(C)C(C=O)(CC(C)C)NC(C=O)C(C)C. The molecule has 0 fully saturated rings. The van der Waals surface area contributed by atoms with Gasteiger partial charge in [0.2, 0.25) is 23.6 Å². The van der Waals surface area contributed by atoms with Crippen molar-refractivity contribution in [3.63, 3.8) is 0 Å². The first-order chi connectivity index (χ1) is 21.3. The van der Waals surface area contributed by atoms with Gasteiger partial charge in [0.15, 0.2) is 11.9 Å². The van der Waals surface area contributed by atoms with Crippen LogP contribution >= 0.6 is 0 Å². The molecule has 46 heavy (non-hydrogen) atoms. The van der Waals surface area contributed by atoms with Crippen LogP contribution < -0.4 is 10.6 Å². The van der Waals surface area contributed by atoms with Gasteiger partial charge in [0.1, 0.15) is 24.4 Å². The Kier molecular flexibility index (Phi) is 19.1. The number of nitrogens with zero attached hydrogens (tertiary/aromatic N) is 3. The molecule has 0 rings (SSSR count). The van der Waals surface area contributed by atoms with Crippen molar-refractivity contribution < 1.29 is 33.9 Å². The second kappa shape index (κ2) is 20.4. The van der Waals surface area contributed by atoms with Gasteiger partial charge in [-0.2, -0.15) is 0 Å². The molecule has 0 saturated carbocycles. The summed E-state index contributed by atoms with van der Waals surface area (Å²) in [7, 11) is 4.55. The Bertz CT molecular complexity index is 1000. The van der Waals surface area contributed by atoms with Crippen LogP contribution in [0.2, 0.25) is 0 Å². The number of nitrogens with one attached hydrogen (secondary N) is 2. The molecule has 4 amide bonds. The molecule has 0 aliphatic rings. The highest BCUT2D eigenvalue weighted by molar-refractivity contribution is 5.94. The Hall–Kier alpha value is -2.86. The molecule has 0 bridgehead atoms. The van der Waals surface area contributed by atoms with E-state index in [2.05, 4.69) is 10.6 Å². The van der Waals surface area contributed by atoms with Gasteiger partial charge < -0.3 is 29.9 Å². The van der Waals surface area contributed by atoms with E-state index >= 15 is 0 Å². The number of aldehydes is 2. The minimum absolute atomic E-state index is 0.00751. The molecule has 0 aromatic rings. The van der Waals surface area contributed by atoms with Crippen LogP contribution in [0.1, 0.15) is 101 Å². The van der Waals surface area contributed by atoms with Crippen molar-refractivity contribution in [1.29, 1.82) is 0 Å². The molecule has 12 heteroatoms. The summed E-state index contributed by atoms with van der Waals surface area (Å²) in [6, 6.07) is -3.46. The third-order valence-corrected chi connectivity index (χ3v) is 8.73. The van der Waals surface area contributed by atoms with E-state index in [1.54, 1.807) is 20.9 Å². The van der Waals surface area contributed by atoms with Crippen LogP contribution in [0.25, 0.3) is 0 Å². The maximum atomic E-state index is 13.8. The molecule has 0 spiro atoms. The second-order valence-electron chi connectivity index (χ2n) is 14.0. The average Bonchev–Trinajstić information content (AvgIpc) is 2.99. The number of amides is 4. The Labute approximate surface area is 277 Å². The van der Waals surface area contributed by atoms with Crippen molar-refractivity contribution in [2.75, 3.05) is 27.7 Å². The number of carbonyl (C=O) groups excluding carboxylic acids is 6. The quantitative estimate of drug-likeness (QED) is 0.119. The maximum absolute atomic E-state index is 13.8. The third-order valence-electron chi connectivity index (χ3n) is 8.73. The van der Waals surface area contributed by atoms with Crippen LogP contribution in [-0.4, -0.2) is 114 Å². The van der Waals surface area contributed by atoms with Crippen LogP contribution in [0, 0.1) is 23.7 Å². The lowest BCUT2D eigenvalue weighted by Crippen LogP contribution is -2.67. The summed E-state index contributed by atoms with van der Waals surface area (Å²) in [6.45, 7) is 16.6. The predicted octanol–water partition coefficient (Wildman–Crippen LogP) is 2.61. The second-order valence-corrected chi connectivity index (χ2v) is 14.0. The summed E-state index contributed by atoms with van der Waals surface area (Å²) in [5.74, 6) is -1.54. The third kappa shape index (κ3) is 12.7. The average molecular weight is 654 g/mol. The van der Waals surface area contributed by atoms with Gasteiger partial charge in [-0.1, -0.05) is 55.4 Å². The largest absolute Gasteiger partial charge is 0.396 e. The molecule has 12 nitrogen and oxygen atoms in total. The number of hydrogen-bond donors (Lipinski definition) is 3. The number of rotatable bonds is 22. The first kappa shape index (κ1) is 43.1. The molecule has 0 saturated heterocycles. The smallest absolute Gasteiger partial charge is 0.246 e. The summed E-state index contributed by atoms with van der Waals surface area (Å²) in [6.07, 6.45) is 3.67. The molecule has 0 heterocycles. The van der Waals surface area contributed by atoms with E-state index in [1.807, 2.05) is 48.5 Å². The van der Waals surface area contributed by atoms with E-state index in [0.29, 0.717) is 25.5 Å². The monoisotopic (exact) mass is 653 g/mol. The number of aliphatic hydroxyl groups is 1. The molecule has 0 aliphatic heterocycles. The minimum atomic E-state index is -1.48. The van der Waals surface area contributed by atoms with Gasteiger partial charge in [-0.15, -0.1) is 0 Å². The van der Waals surface area contributed by atoms with Gasteiger partial charge in [0.25, 0.3) is 0 Å². The normalized spacial score (nSPS) is 16.2. The van der Waals surface area contributed by atoms with Gasteiger partial charge in [-0.3, -0.25) is 29.3 Å². The molecule has 6 unspecified atom stereocenters. The number of likely N-dealkylation sites (N-methyl/N-ethyl adjacent to an activating group) is 3. The fourth-order valence-electron chi connectivity index (χ4n) is 5.38. The van der Waals surface area contributed by atoms with Crippen LogP contribution in [0.15, 0.2) is 0 Å². The number of aliphatic hydroxyl groups excluding tert-OH is 1. The lowest BCUT2D eigenvalue weighted by molar-refractivity contribution is -0.152. The molecule has 266 valence electrons. The van der Waals surface area contributed by atoms with E-state index in [-0.39, 0.29) is 55.4 Å². The Morgan fingerprint density at radius 3 is 1.85 bits per heavy atom. The van der Waals surface area contributed by atoms with E-state index in [1.165, 1.54) is 28.8 Å². The molecule has 0 radical (unpaired) electrons. The zero-order valence-corrected chi connectivity index (χ0v) is 30.5. The summed E-state index contributed by atoms with van der Waals surface area (Å²) < 4.78 is 0. The topological polar surface area (TPSA) is 156 Å². The number of carbonyl (C=O) groups is 6. The number of hydrogen-bond acceptors (Lipinski definition) is 8. The van der Waals surface area contributed by atoms with Crippen LogP contribution in [0.4, 0.5) is 0 Å². The summed E-state index contributed by atoms with van der Waals surface area (Å²) in [4.78, 5) is 82.5. The Morgan fingerprint density at radius 1 is 0.826 bits per heavy atom. The van der Waals surface area contributed by atoms with E-state index < -0.39 is 47.6 Å². The first-order valence-electron chi connectivity index (χ1n) is 16.7. The minimum Gasteiger partial charge on any atom is -0.396 e. The van der Waals surface area contributed by atoms with Gasteiger partial charge >= 0.3 is 0 Å². The highest BCUT2D eigenvalue weighted by Crippen LogP contribution is 2.23. The van der Waals surface area contributed by atoms with Gasteiger partial charge in [0, 0.05) is 34.2 Å². The Balaban J connectivity index is 6.12. The van der Waals surface area contributed by atoms with Crippen LogP contribution in [0.3, 0.4) is 0 Å². The molecular weight excluding hydrogens is 590 g/mol. The zero-order chi connectivity index (χ0) is 35.9. The lowest BCUT2D eigenvalue weighted by atomic mass is 9.93. The predicted molar refractivity (Wildman–Crippen MR) is 179 cm³/mol. The molecule has 0 aliphatic carbocycles. The zero-order valence-electron chi connectivity index (χ0n) is 30.5. The van der Waals surface area contributed by atoms with Crippen LogP contribution in [-0.2, 0) is 28.8 Å². The molecule has 0 aromatic carbocycles. The van der Waals surface area contributed by atoms with E-state index in [0.717, 1.165) is 6.29 Å². The summed E-state index contributed by atoms with van der Waals surface area (Å²) in [5, 5.41) is 15.2. The van der Waals surface area contributed by atoms with E-state index in [4.69, 9.17) is 0 Å². The van der Waals surface area contributed by atoms with Crippen molar-refractivity contribution in [2.24, 2.45) is 23.7 Å². The molecule has 0 aromatic heterocycles. The summed E-state index contributed by atoms with van der Waals surface area (Å²) >= 11 is 0. The molecule has 3 N–H and O–H groups in total. The van der Waals surface area contributed by atoms with E-state index in [9.17, 15) is 33.9 Å². The molecule has 6 atom stereocenters. The van der Waals surface area contributed by atoms with Crippen LogP contribution in [0.5, 0.6) is 0 Å². The maximum Gasteiger partial charge on any atom is 0.246 e. The summed E-state index contributed by atoms with van der Waals surface area (Å²) in [5.41, 5.74) is -1.48. The lowest BCUT2D eigenvalue weighted by Gasteiger charge is -2.43. The van der Waals surface area contributed by atoms with Crippen molar-refractivity contribution >= 4 is 36.2 Å². The Morgan fingerprint density at radius 2 is 1.41 bits per heavy atom. The van der Waals surface area contributed by atoms with Gasteiger partial charge in [-0.25, -0.2) is 0 Å². The fraction of sp³-hybridized carbons (Fsp3) is 0.824. The van der Waals surface area contributed by atoms with Crippen molar-refractivity contribution in [1.82, 2.24) is 25.3 Å². The van der Waals surface area contributed by atoms with Gasteiger partial charge in [0.05, 0.1) is 6.04 Å². The van der Waals surface area contributed by atoms with Crippen molar-refractivity contribution in [2.45, 2.75) is 131 Å². The first-order valence-corrected chi connectivity index (χ1v) is 16.7. The van der Waals surface area contributed by atoms with Crippen molar-refractivity contribution in [3.05, 3.63) is 0 Å². The fourth-order valence-corrected chi connectivity index (χ4v) is 5.38.